The first-order valence-electron chi connectivity index (χ1n) is 10.1. The van der Waals surface area contributed by atoms with Gasteiger partial charge in [-0.15, -0.1) is 0 Å². The van der Waals surface area contributed by atoms with Gasteiger partial charge in [-0.2, -0.15) is 10.1 Å². The molecule has 0 spiro atoms. The highest BCUT2D eigenvalue weighted by molar-refractivity contribution is 7.22. The van der Waals surface area contributed by atoms with Crippen molar-refractivity contribution < 1.29 is 9.18 Å². The summed E-state index contributed by atoms with van der Waals surface area (Å²) >= 11 is 1.61. The second-order valence-electron chi connectivity index (χ2n) is 7.73. The molecular weight excluding hydrogens is 389 g/mol. The molecule has 3 aromatic rings. The number of piperidine rings is 1. The van der Waals surface area contributed by atoms with E-state index in [-0.39, 0.29) is 23.7 Å². The number of benzene rings is 1. The Morgan fingerprint density at radius 3 is 2.86 bits per heavy atom. The summed E-state index contributed by atoms with van der Waals surface area (Å²) < 4.78 is 16.1. The number of nitrogens with one attached hydrogen (secondary N) is 1. The lowest BCUT2D eigenvalue weighted by Crippen LogP contribution is -2.45. The minimum Gasteiger partial charge on any atom is -0.353 e. The molecule has 1 aliphatic heterocycles. The average molecular weight is 416 g/mol. The van der Waals surface area contributed by atoms with Gasteiger partial charge in [0.25, 0.3) is 0 Å². The fourth-order valence-electron chi connectivity index (χ4n) is 3.65. The van der Waals surface area contributed by atoms with Crippen molar-refractivity contribution in [2.45, 2.75) is 46.1 Å². The standard InChI is InChI=1S/C21H26FN5OS/c1-4-13(2)23-20(28)15-6-5-11-26(12-15)21-24-19-18(29-21)14(3)25-27(19)17-9-7-16(22)8-10-17/h7-10,13,15H,4-6,11-12H2,1-3H3,(H,23,28). The van der Waals surface area contributed by atoms with Crippen LogP contribution in [0.1, 0.15) is 38.8 Å². The Labute approximate surface area is 173 Å². The van der Waals surface area contributed by atoms with E-state index in [0.717, 1.165) is 52.7 Å². The van der Waals surface area contributed by atoms with E-state index in [1.807, 2.05) is 13.8 Å². The molecule has 1 amide bonds. The average Bonchev–Trinajstić information content (AvgIpc) is 3.29. The number of rotatable bonds is 5. The molecule has 1 aliphatic rings. The van der Waals surface area contributed by atoms with Crippen LogP contribution in [0, 0.1) is 18.7 Å². The first-order chi connectivity index (χ1) is 14.0. The molecule has 0 aliphatic carbocycles. The second kappa shape index (κ2) is 8.10. The van der Waals surface area contributed by atoms with Crippen LogP contribution in [0.25, 0.3) is 16.0 Å². The SMILES string of the molecule is CCC(C)NC(=O)C1CCCN(c2nc3c(s2)c(C)nn3-c2ccc(F)cc2)C1. The molecule has 2 atom stereocenters. The number of thiazole rings is 1. The lowest BCUT2D eigenvalue weighted by Gasteiger charge is -2.32. The van der Waals surface area contributed by atoms with Gasteiger partial charge < -0.3 is 10.2 Å². The van der Waals surface area contributed by atoms with E-state index in [2.05, 4.69) is 22.2 Å². The summed E-state index contributed by atoms with van der Waals surface area (Å²) in [4.78, 5) is 19.6. The van der Waals surface area contributed by atoms with Crippen molar-refractivity contribution in [2.75, 3.05) is 18.0 Å². The molecule has 8 heteroatoms. The molecule has 1 aromatic carbocycles. The Morgan fingerprint density at radius 2 is 2.14 bits per heavy atom. The maximum Gasteiger partial charge on any atom is 0.225 e. The number of carbonyl (C=O) groups excluding carboxylic acids is 1. The van der Waals surface area contributed by atoms with Gasteiger partial charge in [0, 0.05) is 19.1 Å². The molecule has 154 valence electrons. The van der Waals surface area contributed by atoms with Gasteiger partial charge in [-0.05, 0) is 57.4 Å². The van der Waals surface area contributed by atoms with Gasteiger partial charge in [0.1, 0.15) is 5.82 Å². The quantitative estimate of drug-likeness (QED) is 0.683. The van der Waals surface area contributed by atoms with E-state index in [4.69, 9.17) is 4.98 Å². The van der Waals surface area contributed by atoms with Crippen LogP contribution < -0.4 is 10.2 Å². The summed E-state index contributed by atoms with van der Waals surface area (Å²) in [5, 5.41) is 8.60. The third-order valence-corrected chi connectivity index (χ3v) is 6.73. The number of carbonyl (C=O) groups is 1. The van der Waals surface area contributed by atoms with Crippen LogP contribution in [0.5, 0.6) is 0 Å². The third kappa shape index (κ3) is 3.99. The number of aromatic nitrogens is 3. The fourth-order valence-corrected chi connectivity index (χ4v) is 4.67. The summed E-state index contributed by atoms with van der Waals surface area (Å²) in [6, 6.07) is 6.46. The Balaban J connectivity index is 1.59. The van der Waals surface area contributed by atoms with E-state index in [0.29, 0.717) is 6.54 Å². The number of fused-ring (bicyclic) bond motifs is 1. The molecule has 0 saturated carbocycles. The number of amides is 1. The summed E-state index contributed by atoms with van der Waals surface area (Å²) in [5.41, 5.74) is 2.46. The number of anilines is 1. The van der Waals surface area contributed by atoms with Gasteiger partial charge in [0.15, 0.2) is 10.8 Å². The molecule has 6 nitrogen and oxygen atoms in total. The van der Waals surface area contributed by atoms with Crippen LogP contribution in [-0.4, -0.2) is 39.8 Å². The van der Waals surface area contributed by atoms with E-state index < -0.39 is 0 Å². The van der Waals surface area contributed by atoms with E-state index >= 15 is 0 Å². The van der Waals surface area contributed by atoms with Crippen molar-refractivity contribution >= 4 is 32.7 Å². The highest BCUT2D eigenvalue weighted by atomic mass is 32.1. The van der Waals surface area contributed by atoms with Crippen molar-refractivity contribution in [2.24, 2.45) is 5.92 Å². The molecule has 0 radical (unpaired) electrons. The predicted molar refractivity (Wildman–Crippen MR) is 114 cm³/mol. The van der Waals surface area contributed by atoms with E-state index in [1.54, 1.807) is 28.2 Å². The lowest BCUT2D eigenvalue weighted by molar-refractivity contribution is -0.125. The predicted octanol–water partition coefficient (Wildman–Crippen LogP) is 4.06. The second-order valence-corrected chi connectivity index (χ2v) is 8.70. The van der Waals surface area contributed by atoms with Crippen LogP contribution >= 0.6 is 11.3 Å². The smallest absolute Gasteiger partial charge is 0.225 e. The maximum atomic E-state index is 13.3. The summed E-state index contributed by atoms with van der Waals surface area (Å²) in [6.45, 7) is 7.65. The third-order valence-electron chi connectivity index (χ3n) is 5.51. The van der Waals surface area contributed by atoms with Crippen LogP contribution in [0.2, 0.25) is 0 Å². The molecule has 29 heavy (non-hydrogen) atoms. The van der Waals surface area contributed by atoms with Gasteiger partial charge in [-0.3, -0.25) is 4.79 Å². The zero-order chi connectivity index (χ0) is 20.5. The van der Waals surface area contributed by atoms with Crippen molar-refractivity contribution in [3.8, 4) is 5.69 Å². The van der Waals surface area contributed by atoms with Crippen molar-refractivity contribution in [3.63, 3.8) is 0 Å². The number of aryl methyl sites for hydroxylation is 1. The number of hydrogen-bond acceptors (Lipinski definition) is 5. The molecule has 1 N–H and O–H groups in total. The number of hydrogen-bond donors (Lipinski definition) is 1. The molecular formula is C21H26FN5OS. The first kappa shape index (κ1) is 19.8. The number of nitrogens with zero attached hydrogens (tertiary/aromatic N) is 4. The Morgan fingerprint density at radius 1 is 1.38 bits per heavy atom. The van der Waals surface area contributed by atoms with Crippen molar-refractivity contribution in [1.82, 2.24) is 20.1 Å². The first-order valence-corrected chi connectivity index (χ1v) is 10.9. The van der Waals surface area contributed by atoms with Crippen LogP contribution in [-0.2, 0) is 4.79 Å². The minimum absolute atomic E-state index is 0.0144. The summed E-state index contributed by atoms with van der Waals surface area (Å²) in [5.74, 6) is -0.152. The van der Waals surface area contributed by atoms with Crippen LogP contribution in [0.3, 0.4) is 0 Å². The normalized spacial score (nSPS) is 18.2. The highest BCUT2D eigenvalue weighted by Crippen LogP contribution is 2.34. The van der Waals surface area contributed by atoms with Gasteiger partial charge in [0.2, 0.25) is 5.91 Å². The largest absolute Gasteiger partial charge is 0.353 e. The molecule has 2 unspecified atom stereocenters. The highest BCUT2D eigenvalue weighted by Gasteiger charge is 2.28. The van der Waals surface area contributed by atoms with E-state index in [9.17, 15) is 9.18 Å². The Kier molecular flexibility index (Phi) is 5.54. The van der Waals surface area contributed by atoms with Gasteiger partial charge in [-0.1, -0.05) is 18.3 Å². The molecule has 4 rings (SSSR count). The molecule has 2 aromatic heterocycles. The Bertz CT molecular complexity index is 1010. The zero-order valence-electron chi connectivity index (χ0n) is 17.0. The van der Waals surface area contributed by atoms with Crippen LogP contribution in [0.15, 0.2) is 24.3 Å². The molecule has 3 heterocycles. The van der Waals surface area contributed by atoms with Crippen LogP contribution in [0.4, 0.5) is 9.52 Å². The monoisotopic (exact) mass is 415 g/mol. The van der Waals surface area contributed by atoms with Gasteiger partial charge in [0.05, 0.1) is 22.0 Å². The summed E-state index contributed by atoms with van der Waals surface area (Å²) in [6.07, 6.45) is 2.81. The zero-order valence-corrected chi connectivity index (χ0v) is 17.8. The molecule has 1 fully saturated rings. The molecule has 0 bridgehead atoms. The Hall–Kier alpha value is -2.48. The summed E-state index contributed by atoms with van der Waals surface area (Å²) in [7, 11) is 0. The van der Waals surface area contributed by atoms with E-state index in [1.165, 1.54) is 12.1 Å². The minimum atomic E-state index is -0.275. The maximum absolute atomic E-state index is 13.3. The van der Waals surface area contributed by atoms with Gasteiger partial charge in [-0.25, -0.2) is 9.07 Å². The number of halogens is 1. The fraction of sp³-hybridized carbons (Fsp3) is 0.476. The topological polar surface area (TPSA) is 63.1 Å². The van der Waals surface area contributed by atoms with Crippen molar-refractivity contribution in [3.05, 3.63) is 35.8 Å². The molecule has 1 saturated heterocycles. The van der Waals surface area contributed by atoms with Crippen molar-refractivity contribution in [1.29, 1.82) is 0 Å². The van der Waals surface area contributed by atoms with Gasteiger partial charge >= 0.3 is 0 Å². The lowest BCUT2D eigenvalue weighted by atomic mass is 9.97.